The molecule has 0 amide bonds. The largest absolute Gasteiger partial charge is 0.479 e. The van der Waals surface area contributed by atoms with Crippen molar-refractivity contribution in [2.45, 2.75) is 289 Å². The summed E-state index contributed by atoms with van der Waals surface area (Å²) in [6.45, 7) is 5.68. The van der Waals surface area contributed by atoms with Crippen LogP contribution in [0.15, 0.2) is 109 Å². The number of hydrogen-bond acceptors (Lipinski definition) is 11. The van der Waals surface area contributed by atoms with Crippen LogP contribution in [-0.4, -0.2) is 89.2 Å². The smallest absolute Gasteiger partial charge is 0.335 e. The van der Waals surface area contributed by atoms with Crippen molar-refractivity contribution in [3.8, 4) is 0 Å². The van der Waals surface area contributed by atoms with Crippen molar-refractivity contribution >= 4 is 23.9 Å². The highest BCUT2D eigenvalue weighted by atomic mass is 16.7. The summed E-state index contributed by atoms with van der Waals surface area (Å²) in [6.07, 6.45) is 63.7. The van der Waals surface area contributed by atoms with Gasteiger partial charge in [0.15, 0.2) is 24.6 Å². The lowest BCUT2D eigenvalue weighted by Crippen LogP contribution is -2.61. The summed E-state index contributed by atoms with van der Waals surface area (Å²) in [6, 6.07) is 0. The number of carboxylic acids is 1. The van der Waals surface area contributed by atoms with Gasteiger partial charge in [0.25, 0.3) is 0 Å². The van der Waals surface area contributed by atoms with Gasteiger partial charge in [-0.1, -0.05) is 259 Å². The van der Waals surface area contributed by atoms with Crippen LogP contribution in [-0.2, 0) is 42.9 Å². The van der Waals surface area contributed by atoms with Crippen LogP contribution in [0.4, 0.5) is 0 Å². The molecule has 81 heavy (non-hydrogen) atoms. The number of carboxylic acid groups (broad SMARTS) is 1. The van der Waals surface area contributed by atoms with Crippen molar-refractivity contribution in [3.05, 3.63) is 109 Å². The van der Waals surface area contributed by atoms with Crippen LogP contribution >= 0.6 is 0 Å². The number of carbonyl (C=O) groups excluding carboxylic acids is 3. The second kappa shape index (κ2) is 55.9. The quantitative estimate of drug-likeness (QED) is 0.0228. The molecule has 1 saturated heterocycles. The van der Waals surface area contributed by atoms with Gasteiger partial charge in [0.1, 0.15) is 18.8 Å². The van der Waals surface area contributed by atoms with Gasteiger partial charge in [-0.25, -0.2) is 4.79 Å². The van der Waals surface area contributed by atoms with Gasteiger partial charge >= 0.3 is 23.9 Å². The maximum Gasteiger partial charge on any atom is 0.335 e. The summed E-state index contributed by atoms with van der Waals surface area (Å²) in [4.78, 5) is 51.2. The maximum absolute atomic E-state index is 13.1. The fraction of sp³-hybridized carbons (Fsp3) is 0.681. The van der Waals surface area contributed by atoms with Crippen molar-refractivity contribution in [1.82, 2.24) is 0 Å². The molecule has 1 rings (SSSR count). The number of unbranched alkanes of at least 4 members (excludes halogenated alkanes) is 22. The lowest BCUT2D eigenvalue weighted by atomic mass is 9.98. The van der Waals surface area contributed by atoms with Crippen molar-refractivity contribution in [3.63, 3.8) is 0 Å². The molecule has 3 N–H and O–H groups in total. The topological polar surface area (TPSA) is 175 Å². The van der Waals surface area contributed by atoms with Crippen LogP contribution in [0.2, 0.25) is 0 Å². The Kier molecular flexibility index (Phi) is 51.3. The summed E-state index contributed by atoms with van der Waals surface area (Å²) in [5.74, 6) is -3.32. The minimum atomic E-state index is -1.92. The lowest BCUT2D eigenvalue weighted by molar-refractivity contribution is -0.301. The Labute approximate surface area is 491 Å². The molecule has 12 heteroatoms. The van der Waals surface area contributed by atoms with Gasteiger partial charge in [-0.15, -0.1) is 0 Å². The van der Waals surface area contributed by atoms with Gasteiger partial charge in [-0.3, -0.25) is 14.4 Å². The summed E-state index contributed by atoms with van der Waals surface area (Å²) >= 11 is 0. The number of aliphatic carboxylic acids is 1. The van der Waals surface area contributed by atoms with Crippen molar-refractivity contribution in [2.24, 2.45) is 0 Å². The van der Waals surface area contributed by atoms with E-state index in [9.17, 15) is 34.5 Å². The van der Waals surface area contributed by atoms with Crippen molar-refractivity contribution in [2.75, 3.05) is 13.2 Å². The molecule has 0 aliphatic carbocycles. The van der Waals surface area contributed by atoms with E-state index in [2.05, 4.69) is 106 Å². The maximum atomic E-state index is 13.1. The average molecular weight is 1130 g/mol. The summed E-state index contributed by atoms with van der Waals surface area (Å²) in [7, 11) is 0. The standard InChI is InChI=1S/C69H112O12/c1-4-7-10-13-16-19-22-25-28-30-31-33-36-39-42-45-48-51-54-57-63(72)80-67-65(74)64(73)66(68(75)76)81-69(67)78-59-60(79-62(71)56-53-50-47-44-41-38-34-27-24-21-18-15-12-9-6-3)58-77-61(70)55-52-49-46-43-40-37-35-32-29-26-23-20-17-14-11-8-5-2/h8-9,11-12,17-18,20-21,26-27,29,34-35,37,41,44,50,53,60,64-67,69,73-74H,4-7,10,13-16,19,22-25,28,30-33,36,38-40,42-43,45-49,51-52,54-59H2,1-3H3,(H,75,76)/b11-8-,12-9-,20-17-,21-18-,29-26-,34-27-,37-35-,44-41-,53-50-. The van der Waals surface area contributed by atoms with E-state index in [0.717, 1.165) is 103 Å². The van der Waals surface area contributed by atoms with Crippen LogP contribution in [0.1, 0.15) is 252 Å². The van der Waals surface area contributed by atoms with E-state index in [4.69, 9.17) is 23.7 Å². The number of carbonyl (C=O) groups is 4. The second-order valence-electron chi connectivity index (χ2n) is 21.3. The molecule has 0 aromatic carbocycles. The average Bonchev–Trinajstić information content (AvgIpc) is 3.52. The SMILES string of the molecule is CC/C=C\C/C=C\C/C=C\C/C=C\C/C=C\CC(=O)OC(COC(=O)CCCCCC/C=C\C/C=C\C/C=C\C/C=C\CC)COC1OC(C(=O)O)C(O)C(O)C1OC(=O)CCCCCCCCCCCCCCCCCCCCC. The summed E-state index contributed by atoms with van der Waals surface area (Å²) < 4.78 is 28.3. The highest BCUT2D eigenvalue weighted by Gasteiger charge is 2.50. The zero-order valence-electron chi connectivity index (χ0n) is 50.7. The fourth-order valence-electron chi connectivity index (χ4n) is 9.08. The first-order chi connectivity index (χ1) is 39.6. The predicted octanol–water partition coefficient (Wildman–Crippen LogP) is 17.0. The highest BCUT2D eigenvalue weighted by molar-refractivity contribution is 5.74. The number of aliphatic hydroxyl groups excluding tert-OH is 2. The Bertz CT molecular complexity index is 1820. The minimum Gasteiger partial charge on any atom is -0.479 e. The first-order valence-electron chi connectivity index (χ1n) is 31.9. The molecule has 1 fully saturated rings. The van der Waals surface area contributed by atoms with E-state index >= 15 is 0 Å². The van der Waals surface area contributed by atoms with Crippen LogP contribution in [0.3, 0.4) is 0 Å². The van der Waals surface area contributed by atoms with E-state index in [1.54, 1.807) is 6.08 Å². The number of rotatable bonds is 53. The number of esters is 3. The molecule has 6 unspecified atom stereocenters. The van der Waals surface area contributed by atoms with Crippen LogP contribution in [0, 0.1) is 0 Å². The van der Waals surface area contributed by atoms with E-state index in [-0.39, 0.29) is 25.9 Å². The predicted molar refractivity (Wildman–Crippen MR) is 330 cm³/mol. The van der Waals surface area contributed by atoms with E-state index < -0.39 is 67.3 Å². The Balaban J connectivity index is 2.71. The van der Waals surface area contributed by atoms with Gasteiger partial charge in [0.2, 0.25) is 0 Å². The number of allylic oxidation sites excluding steroid dienone is 17. The summed E-state index contributed by atoms with van der Waals surface area (Å²) in [5.41, 5.74) is 0. The Morgan fingerprint density at radius 3 is 1.25 bits per heavy atom. The third-order valence-corrected chi connectivity index (χ3v) is 13.9. The lowest BCUT2D eigenvalue weighted by Gasteiger charge is -2.40. The molecule has 1 aliphatic rings. The highest BCUT2D eigenvalue weighted by Crippen LogP contribution is 2.26. The zero-order chi connectivity index (χ0) is 58.9. The monoisotopic (exact) mass is 1130 g/mol. The molecule has 12 nitrogen and oxygen atoms in total. The minimum absolute atomic E-state index is 0.0462. The molecular formula is C69H112O12. The van der Waals surface area contributed by atoms with Crippen molar-refractivity contribution < 1.29 is 58.2 Å². The molecule has 1 heterocycles. The molecule has 6 atom stereocenters. The first kappa shape index (κ1) is 74.4. The molecule has 1 aliphatic heterocycles. The van der Waals surface area contributed by atoms with Crippen LogP contribution in [0.5, 0.6) is 0 Å². The molecule has 0 aromatic rings. The van der Waals surface area contributed by atoms with E-state index in [1.165, 1.54) is 89.9 Å². The molecular weight excluding hydrogens is 1020 g/mol. The molecule has 0 radical (unpaired) electrons. The molecule has 0 aromatic heterocycles. The van der Waals surface area contributed by atoms with Crippen LogP contribution < -0.4 is 0 Å². The van der Waals surface area contributed by atoms with E-state index in [1.807, 2.05) is 18.2 Å². The molecule has 0 saturated carbocycles. The Morgan fingerprint density at radius 2 is 0.815 bits per heavy atom. The Hall–Kier alpha value is -4.62. The van der Waals surface area contributed by atoms with Crippen molar-refractivity contribution in [1.29, 1.82) is 0 Å². The number of ether oxygens (including phenoxy) is 5. The third-order valence-electron chi connectivity index (χ3n) is 13.9. The number of aliphatic hydroxyl groups is 2. The second-order valence-corrected chi connectivity index (χ2v) is 21.3. The van der Waals surface area contributed by atoms with Gasteiger partial charge in [0, 0.05) is 12.8 Å². The first-order valence-corrected chi connectivity index (χ1v) is 31.9. The summed E-state index contributed by atoms with van der Waals surface area (Å²) in [5, 5.41) is 31.6. The number of hydrogen-bond donors (Lipinski definition) is 3. The normalized spacial score (nSPS) is 18.5. The van der Waals surface area contributed by atoms with Gasteiger partial charge < -0.3 is 39.0 Å². The van der Waals surface area contributed by atoms with Gasteiger partial charge in [0.05, 0.1) is 13.0 Å². The Morgan fingerprint density at radius 1 is 0.432 bits per heavy atom. The molecule has 0 bridgehead atoms. The zero-order valence-corrected chi connectivity index (χ0v) is 50.7. The fourth-order valence-corrected chi connectivity index (χ4v) is 9.08. The molecule has 0 spiro atoms. The van der Waals surface area contributed by atoms with E-state index in [0.29, 0.717) is 19.3 Å². The van der Waals surface area contributed by atoms with Gasteiger partial charge in [-0.2, -0.15) is 0 Å². The van der Waals surface area contributed by atoms with Crippen LogP contribution in [0.25, 0.3) is 0 Å². The molecule has 460 valence electrons. The van der Waals surface area contributed by atoms with Gasteiger partial charge in [-0.05, 0) is 83.5 Å². The third kappa shape index (κ3) is 45.6.